The molecular formula is C24H28N4OS. The number of thioether (sulfide) groups is 1. The van der Waals surface area contributed by atoms with Crippen molar-refractivity contribution < 1.29 is 0 Å². The zero-order chi connectivity index (χ0) is 21.7. The average molecular weight is 421 g/mol. The largest absolute Gasteiger partial charge is 0.334 e. The van der Waals surface area contributed by atoms with Gasteiger partial charge in [0.15, 0.2) is 5.16 Å². The summed E-state index contributed by atoms with van der Waals surface area (Å²) < 4.78 is 1.60. The number of hydrogen-bond acceptors (Lipinski definition) is 5. The van der Waals surface area contributed by atoms with Gasteiger partial charge in [0.05, 0.1) is 0 Å². The van der Waals surface area contributed by atoms with Crippen LogP contribution < -0.4 is 10.9 Å². The molecule has 5 nitrogen and oxygen atoms in total. The Balaban J connectivity index is 1.79. The van der Waals surface area contributed by atoms with Crippen LogP contribution in [-0.4, -0.2) is 14.8 Å². The van der Waals surface area contributed by atoms with Crippen molar-refractivity contribution >= 4 is 23.3 Å². The van der Waals surface area contributed by atoms with Gasteiger partial charge in [-0.15, -0.1) is 16.8 Å². The average Bonchev–Trinajstić information content (AvgIpc) is 2.71. The van der Waals surface area contributed by atoms with Crippen molar-refractivity contribution in [2.75, 3.05) is 5.32 Å². The molecule has 0 radical (unpaired) electrons. The molecule has 3 rings (SSSR count). The lowest BCUT2D eigenvalue weighted by atomic mass is 9.87. The third-order valence-corrected chi connectivity index (χ3v) is 5.77. The van der Waals surface area contributed by atoms with E-state index in [4.69, 9.17) is 0 Å². The molecule has 30 heavy (non-hydrogen) atoms. The molecule has 0 fully saturated rings. The van der Waals surface area contributed by atoms with Gasteiger partial charge in [0, 0.05) is 18.0 Å². The standard InChI is InChI=1S/C24H28N4OS/c1-6-15-28-22(29)21(25-20-13-7-17(2)8-14-20)26-27-23(28)30-16-18-9-11-19(12-10-18)24(3,4)5/h6-14H,1,15-16H2,2-5H3,(H,25,26). The number of anilines is 2. The molecule has 1 heterocycles. The van der Waals surface area contributed by atoms with E-state index in [1.807, 2.05) is 31.2 Å². The second-order valence-electron chi connectivity index (χ2n) is 8.26. The highest BCUT2D eigenvalue weighted by atomic mass is 32.2. The third-order valence-electron chi connectivity index (χ3n) is 4.73. The fraction of sp³-hybridized carbons (Fsp3) is 0.292. The highest BCUT2D eigenvalue weighted by Crippen LogP contribution is 2.25. The Labute approximate surface area is 182 Å². The summed E-state index contributed by atoms with van der Waals surface area (Å²) in [5, 5.41) is 12.1. The van der Waals surface area contributed by atoms with Gasteiger partial charge >= 0.3 is 0 Å². The molecule has 156 valence electrons. The molecule has 0 bridgehead atoms. The first-order valence-electron chi connectivity index (χ1n) is 9.92. The lowest BCUT2D eigenvalue weighted by Gasteiger charge is -2.19. The van der Waals surface area contributed by atoms with E-state index < -0.39 is 0 Å². The number of aromatic nitrogens is 3. The predicted octanol–water partition coefficient (Wildman–Crippen LogP) is 5.47. The highest BCUT2D eigenvalue weighted by Gasteiger charge is 2.14. The predicted molar refractivity (Wildman–Crippen MR) is 126 cm³/mol. The van der Waals surface area contributed by atoms with Crippen molar-refractivity contribution in [3.8, 4) is 0 Å². The Hall–Kier alpha value is -2.86. The maximum atomic E-state index is 13.0. The van der Waals surface area contributed by atoms with Crippen LogP contribution in [-0.2, 0) is 17.7 Å². The van der Waals surface area contributed by atoms with Crippen molar-refractivity contribution in [2.45, 2.75) is 50.6 Å². The van der Waals surface area contributed by atoms with E-state index in [1.54, 1.807) is 10.6 Å². The molecule has 0 amide bonds. The van der Waals surface area contributed by atoms with E-state index in [0.717, 1.165) is 11.3 Å². The second kappa shape index (κ2) is 9.30. The van der Waals surface area contributed by atoms with Gasteiger partial charge in [0.25, 0.3) is 5.56 Å². The van der Waals surface area contributed by atoms with Crippen LogP contribution in [0.1, 0.15) is 37.5 Å². The summed E-state index contributed by atoms with van der Waals surface area (Å²) in [6, 6.07) is 16.4. The van der Waals surface area contributed by atoms with E-state index in [2.05, 4.69) is 67.1 Å². The van der Waals surface area contributed by atoms with Gasteiger partial charge in [-0.3, -0.25) is 9.36 Å². The smallest absolute Gasteiger partial charge is 0.297 e. The monoisotopic (exact) mass is 420 g/mol. The first-order valence-corrected chi connectivity index (χ1v) is 10.9. The molecule has 0 saturated heterocycles. The number of aryl methyl sites for hydroxylation is 1. The molecule has 0 unspecified atom stereocenters. The molecule has 2 aromatic carbocycles. The summed E-state index contributed by atoms with van der Waals surface area (Å²) in [7, 11) is 0. The second-order valence-corrected chi connectivity index (χ2v) is 9.20. The fourth-order valence-corrected chi connectivity index (χ4v) is 3.80. The molecule has 0 saturated carbocycles. The van der Waals surface area contributed by atoms with Crippen molar-refractivity contribution in [1.82, 2.24) is 14.8 Å². The van der Waals surface area contributed by atoms with E-state index in [-0.39, 0.29) is 16.8 Å². The van der Waals surface area contributed by atoms with Crippen molar-refractivity contribution in [3.05, 3.63) is 88.2 Å². The van der Waals surface area contributed by atoms with Gasteiger partial charge in [-0.05, 0) is 35.6 Å². The molecule has 0 aliphatic heterocycles. The molecule has 3 aromatic rings. The number of rotatable bonds is 7. The van der Waals surface area contributed by atoms with Gasteiger partial charge in [0.1, 0.15) is 0 Å². The van der Waals surface area contributed by atoms with Crippen LogP contribution in [0.5, 0.6) is 0 Å². The minimum absolute atomic E-state index is 0.127. The van der Waals surface area contributed by atoms with Gasteiger partial charge < -0.3 is 5.32 Å². The van der Waals surface area contributed by atoms with Crippen LogP contribution >= 0.6 is 11.8 Å². The topological polar surface area (TPSA) is 59.8 Å². The van der Waals surface area contributed by atoms with Crippen LogP contribution in [0.3, 0.4) is 0 Å². The molecule has 1 N–H and O–H groups in total. The van der Waals surface area contributed by atoms with Gasteiger partial charge in [-0.25, -0.2) is 0 Å². The van der Waals surface area contributed by atoms with Crippen LogP contribution in [0.2, 0.25) is 0 Å². The lowest BCUT2D eigenvalue weighted by Crippen LogP contribution is -2.26. The van der Waals surface area contributed by atoms with Gasteiger partial charge in [0.2, 0.25) is 5.82 Å². The quantitative estimate of drug-likeness (QED) is 0.406. The van der Waals surface area contributed by atoms with Crippen LogP contribution in [0.15, 0.2) is 71.1 Å². The maximum absolute atomic E-state index is 13.0. The Bertz CT molecular complexity index is 1060. The molecule has 0 aliphatic carbocycles. The van der Waals surface area contributed by atoms with Crippen molar-refractivity contribution in [3.63, 3.8) is 0 Å². The summed E-state index contributed by atoms with van der Waals surface area (Å²) in [6.07, 6.45) is 1.70. The fourth-order valence-electron chi connectivity index (χ4n) is 2.90. The van der Waals surface area contributed by atoms with Gasteiger partial charge in [-0.2, -0.15) is 0 Å². The zero-order valence-electron chi connectivity index (χ0n) is 18.0. The lowest BCUT2D eigenvalue weighted by molar-refractivity contribution is 0.590. The summed E-state index contributed by atoms with van der Waals surface area (Å²) in [5.41, 5.74) is 4.34. The first-order chi connectivity index (χ1) is 14.3. The van der Waals surface area contributed by atoms with Crippen LogP contribution in [0.4, 0.5) is 11.5 Å². The summed E-state index contributed by atoms with van der Waals surface area (Å²) >= 11 is 1.50. The van der Waals surface area contributed by atoms with Crippen LogP contribution in [0.25, 0.3) is 0 Å². The summed E-state index contributed by atoms with van der Waals surface area (Å²) in [6.45, 7) is 12.8. The zero-order valence-corrected chi connectivity index (χ0v) is 18.8. The molecular weight excluding hydrogens is 392 g/mol. The summed E-state index contributed by atoms with van der Waals surface area (Å²) in [4.78, 5) is 13.0. The maximum Gasteiger partial charge on any atom is 0.297 e. The van der Waals surface area contributed by atoms with E-state index in [1.165, 1.54) is 22.9 Å². The Morgan fingerprint density at radius 2 is 1.73 bits per heavy atom. The molecule has 0 atom stereocenters. The highest BCUT2D eigenvalue weighted by molar-refractivity contribution is 7.98. The van der Waals surface area contributed by atoms with Crippen molar-refractivity contribution in [1.29, 1.82) is 0 Å². The number of benzene rings is 2. The first kappa shape index (κ1) is 21.8. The SMILES string of the molecule is C=CCn1c(SCc2ccc(C(C)(C)C)cc2)nnc(Nc2ccc(C)cc2)c1=O. The Morgan fingerprint density at radius 3 is 2.33 bits per heavy atom. The third kappa shape index (κ3) is 5.39. The van der Waals surface area contributed by atoms with E-state index in [9.17, 15) is 4.79 Å². The minimum atomic E-state index is -0.212. The molecule has 6 heteroatoms. The molecule has 0 spiro atoms. The number of nitrogens with one attached hydrogen (secondary N) is 1. The minimum Gasteiger partial charge on any atom is -0.334 e. The normalized spacial score (nSPS) is 11.3. The Kier molecular flexibility index (Phi) is 6.77. The molecule has 1 aromatic heterocycles. The van der Waals surface area contributed by atoms with Gasteiger partial charge in [-0.1, -0.05) is 80.6 Å². The number of hydrogen-bond donors (Lipinski definition) is 1. The van der Waals surface area contributed by atoms with Crippen LogP contribution in [0, 0.1) is 6.92 Å². The van der Waals surface area contributed by atoms with Crippen molar-refractivity contribution in [2.24, 2.45) is 0 Å². The van der Waals surface area contributed by atoms with E-state index >= 15 is 0 Å². The number of nitrogens with zero attached hydrogens (tertiary/aromatic N) is 3. The molecule has 0 aliphatic rings. The van der Waals surface area contributed by atoms with E-state index in [0.29, 0.717) is 17.5 Å². The summed E-state index contributed by atoms with van der Waals surface area (Å²) in [5.74, 6) is 0.917. The number of allylic oxidation sites excluding steroid dienone is 1. The Morgan fingerprint density at radius 1 is 1.07 bits per heavy atom.